The van der Waals surface area contributed by atoms with Gasteiger partial charge in [0.25, 0.3) is 0 Å². The first-order chi connectivity index (χ1) is 15.4. The van der Waals surface area contributed by atoms with E-state index in [1.54, 1.807) is 12.1 Å². The number of aromatic amines is 2. The molecular weight excluding hydrogens is 415 g/mol. The van der Waals surface area contributed by atoms with E-state index in [1.165, 1.54) is 5.56 Å². The highest BCUT2D eigenvalue weighted by molar-refractivity contribution is 6.09. The summed E-state index contributed by atoms with van der Waals surface area (Å²) in [7, 11) is 0. The fraction of sp³-hybridized carbons (Fsp3) is 0.208. The van der Waals surface area contributed by atoms with Crippen LogP contribution in [0.4, 0.5) is 13.2 Å². The van der Waals surface area contributed by atoms with Gasteiger partial charge in [-0.2, -0.15) is 23.5 Å². The van der Waals surface area contributed by atoms with Gasteiger partial charge in [0.15, 0.2) is 0 Å². The summed E-state index contributed by atoms with van der Waals surface area (Å²) in [6, 6.07) is 12.7. The highest BCUT2D eigenvalue weighted by Gasteiger charge is 2.35. The fourth-order valence-electron chi connectivity index (χ4n) is 4.93. The maximum Gasteiger partial charge on any atom is 0.433 e. The van der Waals surface area contributed by atoms with Gasteiger partial charge in [-0.25, -0.2) is 4.98 Å². The van der Waals surface area contributed by atoms with Crippen molar-refractivity contribution in [3.8, 4) is 17.3 Å². The van der Waals surface area contributed by atoms with E-state index in [2.05, 4.69) is 26.2 Å². The van der Waals surface area contributed by atoms with Crippen molar-refractivity contribution >= 4 is 32.7 Å². The van der Waals surface area contributed by atoms with Crippen molar-refractivity contribution in [3.05, 3.63) is 58.9 Å². The lowest BCUT2D eigenvalue weighted by atomic mass is 9.85. The molecule has 158 valence electrons. The van der Waals surface area contributed by atoms with Gasteiger partial charge in [0.2, 0.25) is 0 Å². The van der Waals surface area contributed by atoms with Crippen molar-refractivity contribution in [2.45, 2.75) is 31.9 Å². The first-order valence-electron chi connectivity index (χ1n) is 10.4. The lowest BCUT2D eigenvalue weighted by Gasteiger charge is -2.23. The second kappa shape index (κ2) is 6.57. The number of alkyl halides is 3. The summed E-state index contributed by atoms with van der Waals surface area (Å²) in [6.45, 7) is 0. The minimum atomic E-state index is -4.51. The Labute approximate surface area is 179 Å². The number of benzene rings is 2. The second-order valence-corrected chi connectivity index (χ2v) is 8.17. The average Bonchev–Trinajstić information content (AvgIpc) is 3.41. The number of H-pyrrole nitrogens is 2. The Kier molecular flexibility index (Phi) is 3.87. The molecule has 6 rings (SSSR count). The maximum absolute atomic E-state index is 13.4. The Bertz CT molecular complexity index is 1580. The van der Waals surface area contributed by atoms with Gasteiger partial charge in [-0.15, -0.1) is 0 Å². The molecule has 0 saturated heterocycles. The molecule has 0 atom stereocenters. The number of nitriles is 1. The van der Waals surface area contributed by atoms with Crippen LogP contribution in [0.25, 0.3) is 44.0 Å². The van der Waals surface area contributed by atoms with Crippen molar-refractivity contribution < 1.29 is 13.2 Å². The van der Waals surface area contributed by atoms with Crippen LogP contribution >= 0.6 is 0 Å². The Hall–Kier alpha value is -3.86. The molecule has 0 unspecified atom stereocenters. The van der Waals surface area contributed by atoms with E-state index in [0.717, 1.165) is 58.7 Å². The predicted molar refractivity (Wildman–Crippen MR) is 115 cm³/mol. The summed E-state index contributed by atoms with van der Waals surface area (Å²) in [4.78, 5) is 7.86. The first kappa shape index (κ1) is 18.9. The smallest absolute Gasteiger partial charge is 0.354 e. The predicted octanol–water partition coefficient (Wildman–Crippen LogP) is 6.03. The second-order valence-electron chi connectivity index (χ2n) is 8.17. The summed E-state index contributed by atoms with van der Waals surface area (Å²) >= 11 is 0. The SMILES string of the molecule is N#Cc1cc2c(ccc3[nH]c(-c4ccc5n[nH]c(C(F)(F)F)c5c4)c4c(c32)CCCC4)n1. The van der Waals surface area contributed by atoms with Gasteiger partial charge < -0.3 is 4.98 Å². The molecule has 2 aromatic carbocycles. The van der Waals surface area contributed by atoms with E-state index in [1.807, 2.05) is 24.3 Å². The number of aromatic nitrogens is 4. The largest absolute Gasteiger partial charge is 0.433 e. The quantitative estimate of drug-likeness (QED) is 0.340. The van der Waals surface area contributed by atoms with Crippen LogP contribution in [-0.2, 0) is 19.0 Å². The van der Waals surface area contributed by atoms with Gasteiger partial charge in [-0.05, 0) is 72.7 Å². The van der Waals surface area contributed by atoms with E-state index in [9.17, 15) is 18.4 Å². The number of hydrogen-bond donors (Lipinski definition) is 2. The molecule has 1 aliphatic carbocycles. The van der Waals surface area contributed by atoms with Gasteiger partial charge in [-0.1, -0.05) is 6.07 Å². The van der Waals surface area contributed by atoms with Crippen LogP contribution < -0.4 is 0 Å². The molecule has 2 N–H and O–H groups in total. The van der Waals surface area contributed by atoms with Crippen LogP contribution in [0.2, 0.25) is 0 Å². The lowest BCUT2D eigenvalue weighted by Crippen LogP contribution is -2.08. The third kappa shape index (κ3) is 2.71. The summed E-state index contributed by atoms with van der Waals surface area (Å²) < 4.78 is 40.3. The topological polar surface area (TPSA) is 81.1 Å². The van der Waals surface area contributed by atoms with Gasteiger partial charge in [0.05, 0.1) is 11.0 Å². The Morgan fingerprint density at radius 1 is 0.938 bits per heavy atom. The molecule has 3 heterocycles. The summed E-state index contributed by atoms with van der Waals surface area (Å²) in [5, 5.41) is 17.3. The number of nitrogens with zero attached hydrogens (tertiary/aromatic N) is 3. The third-order valence-electron chi connectivity index (χ3n) is 6.32. The van der Waals surface area contributed by atoms with Crippen molar-refractivity contribution in [3.63, 3.8) is 0 Å². The summed E-state index contributed by atoms with van der Waals surface area (Å²) in [5.74, 6) is 0. The molecule has 0 bridgehead atoms. The zero-order valence-electron chi connectivity index (χ0n) is 16.8. The molecule has 32 heavy (non-hydrogen) atoms. The minimum absolute atomic E-state index is 0.0578. The van der Waals surface area contributed by atoms with Crippen molar-refractivity contribution in [1.29, 1.82) is 5.26 Å². The highest BCUT2D eigenvalue weighted by Crippen LogP contribution is 2.40. The first-order valence-corrected chi connectivity index (χ1v) is 10.4. The van der Waals surface area contributed by atoms with Crippen LogP contribution in [-0.4, -0.2) is 20.2 Å². The Morgan fingerprint density at radius 2 is 1.72 bits per heavy atom. The third-order valence-corrected chi connectivity index (χ3v) is 6.32. The molecule has 5 nitrogen and oxygen atoms in total. The van der Waals surface area contributed by atoms with E-state index < -0.39 is 11.9 Å². The molecule has 5 aromatic rings. The zero-order valence-corrected chi connectivity index (χ0v) is 16.8. The standard InChI is InChI=1S/C24H16F3N5/c25-24(26,27)23-17-9-12(5-6-19(17)31-32-23)22-15-4-2-1-3-14(15)21-16-10-13(11-28)29-18(16)7-8-20(21)30-22/h5-10,30H,1-4H2,(H,31,32). The van der Waals surface area contributed by atoms with Crippen molar-refractivity contribution in [2.75, 3.05) is 0 Å². The highest BCUT2D eigenvalue weighted by atomic mass is 19.4. The Morgan fingerprint density at radius 3 is 2.50 bits per heavy atom. The van der Waals surface area contributed by atoms with Crippen LogP contribution in [0.1, 0.15) is 35.4 Å². The number of rotatable bonds is 1. The number of pyridine rings is 1. The monoisotopic (exact) mass is 431 g/mol. The van der Waals surface area contributed by atoms with Crippen LogP contribution in [0.5, 0.6) is 0 Å². The molecule has 0 amide bonds. The molecule has 3 aromatic heterocycles. The Balaban J connectivity index is 1.65. The maximum atomic E-state index is 13.4. The average molecular weight is 431 g/mol. The molecule has 8 heteroatoms. The van der Waals surface area contributed by atoms with Gasteiger partial charge >= 0.3 is 6.18 Å². The van der Waals surface area contributed by atoms with Crippen LogP contribution in [0.15, 0.2) is 36.4 Å². The van der Waals surface area contributed by atoms with Gasteiger partial charge in [0, 0.05) is 27.4 Å². The summed E-state index contributed by atoms with van der Waals surface area (Å²) in [5.41, 5.74) is 5.32. The molecule has 1 aliphatic rings. The molecular formula is C24H16F3N5. The van der Waals surface area contributed by atoms with Crippen LogP contribution in [0.3, 0.4) is 0 Å². The van der Waals surface area contributed by atoms with E-state index >= 15 is 0 Å². The minimum Gasteiger partial charge on any atom is -0.354 e. The number of fused-ring (bicyclic) bond motifs is 6. The van der Waals surface area contributed by atoms with Gasteiger partial charge in [0.1, 0.15) is 17.5 Å². The van der Waals surface area contributed by atoms with E-state index in [4.69, 9.17) is 0 Å². The zero-order chi connectivity index (χ0) is 22.0. The number of hydrogen-bond acceptors (Lipinski definition) is 3. The molecule has 0 fully saturated rings. The fourth-order valence-corrected chi connectivity index (χ4v) is 4.93. The molecule has 0 saturated carbocycles. The van der Waals surface area contributed by atoms with Crippen LogP contribution in [0, 0.1) is 11.3 Å². The normalized spacial score (nSPS) is 14.2. The number of halogens is 3. The van der Waals surface area contributed by atoms with E-state index in [-0.39, 0.29) is 10.9 Å². The number of aryl methyl sites for hydroxylation is 1. The van der Waals surface area contributed by atoms with E-state index in [0.29, 0.717) is 11.3 Å². The molecule has 0 spiro atoms. The van der Waals surface area contributed by atoms with Crippen molar-refractivity contribution in [1.82, 2.24) is 20.2 Å². The number of nitrogens with one attached hydrogen (secondary N) is 2. The van der Waals surface area contributed by atoms with Gasteiger partial charge in [-0.3, -0.25) is 5.10 Å². The summed E-state index contributed by atoms with van der Waals surface area (Å²) in [6.07, 6.45) is -0.738. The molecule has 0 aliphatic heterocycles. The van der Waals surface area contributed by atoms with Crippen molar-refractivity contribution in [2.24, 2.45) is 0 Å². The molecule has 0 radical (unpaired) electrons. The lowest BCUT2D eigenvalue weighted by molar-refractivity contribution is -0.139.